The van der Waals surface area contributed by atoms with Crippen molar-refractivity contribution in [3.05, 3.63) is 24.2 Å². The summed E-state index contributed by atoms with van der Waals surface area (Å²) in [5.41, 5.74) is 2.01. The largest absolute Gasteiger partial charge is 0.361 e. The molecule has 0 fully saturated rings. The van der Waals surface area contributed by atoms with Crippen LogP contribution in [0.4, 0.5) is 5.82 Å². The monoisotopic (exact) mass is 176 g/mol. The molecule has 0 atom stereocenters. The molecule has 0 saturated carbocycles. The Balaban J connectivity index is 2.77. The molecule has 0 amide bonds. The van der Waals surface area contributed by atoms with E-state index in [4.69, 9.17) is 0 Å². The van der Waals surface area contributed by atoms with Crippen LogP contribution in [0.25, 0.3) is 5.52 Å². The highest BCUT2D eigenvalue weighted by atomic mass is 15.3. The molecule has 0 radical (unpaired) electrons. The fraction of sp³-hybridized carbons (Fsp3) is 0.333. The van der Waals surface area contributed by atoms with Crippen LogP contribution in [-0.2, 0) is 0 Å². The summed E-state index contributed by atoms with van der Waals surface area (Å²) in [6.45, 7) is 1.97. The maximum absolute atomic E-state index is 4.44. The number of hydrogen-bond donors (Lipinski definition) is 0. The Kier molecular flexibility index (Phi) is 1.69. The topological polar surface area (TPSA) is 33.4 Å². The van der Waals surface area contributed by atoms with E-state index in [1.807, 2.05) is 42.7 Å². The van der Waals surface area contributed by atoms with Crippen LogP contribution in [0.3, 0.4) is 0 Å². The van der Waals surface area contributed by atoms with Crippen LogP contribution in [0.5, 0.6) is 0 Å². The molecule has 0 aromatic carbocycles. The van der Waals surface area contributed by atoms with Gasteiger partial charge in [0.2, 0.25) is 0 Å². The minimum absolute atomic E-state index is 0.956. The average molecular weight is 176 g/mol. The minimum atomic E-state index is 0.956. The summed E-state index contributed by atoms with van der Waals surface area (Å²) in [5, 5.41) is 4.17. The number of aryl methyl sites for hydroxylation is 1. The summed E-state index contributed by atoms with van der Waals surface area (Å²) in [6, 6.07) is 1.96. The van der Waals surface area contributed by atoms with Crippen molar-refractivity contribution in [3.63, 3.8) is 0 Å². The van der Waals surface area contributed by atoms with Crippen molar-refractivity contribution in [2.75, 3.05) is 19.0 Å². The maximum atomic E-state index is 4.44. The van der Waals surface area contributed by atoms with E-state index in [1.54, 1.807) is 6.20 Å². The predicted molar refractivity (Wildman–Crippen MR) is 52.1 cm³/mol. The van der Waals surface area contributed by atoms with Gasteiger partial charge >= 0.3 is 0 Å². The minimum Gasteiger partial charge on any atom is -0.361 e. The first-order valence-electron chi connectivity index (χ1n) is 4.17. The summed E-state index contributed by atoms with van der Waals surface area (Å²) in [5.74, 6) is 0.956. The van der Waals surface area contributed by atoms with Gasteiger partial charge in [-0.25, -0.2) is 9.50 Å². The predicted octanol–water partition coefficient (Wildman–Crippen LogP) is 1.10. The fourth-order valence-electron chi connectivity index (χ4n) is 1.35. The first-order chi connectivity index (χ1) is 6.18. The van der Waals surface area contributed by atoms with Crippen molar-refractivity contribution in [2.45, 2.75) is 6.92 Å². The van der Waals surface area contributed by atoms with Crippen LogP contribution in [0.15, 0.2) is 18.5 Å². The Morgan fingerprint density at radius 1 is 1.38 bits per heavy atom. The highest BCUT2D eigenvalue weighted by molar-refractivity contribution is 5.67. The fourth-order valence-corrected chi connectivity index (χ4v) is 1.35. The van der Waals surface area contributed by atoms with Crippen molar-refractivity contribution in [1.29, 1.82) is 0 Å². The Bertz CT molecular complexity index is 430. The third-order valence-corrected chi connectivity index (χ3v) is 1.91. The molecule has 2 aromatic heterocycles. The molecule has 68 valence electrons. The Labute approximate surface area is 76.8 Å². The molecule has 0 saturated heterocycles. The molecule has 0 bridgehead atoms. The lowest BCUT2D eigenvalue weighted by atomic mass is 10.4. The normalized spacial score (nSPS) is 10.7. The summed E-state index contributed by atoms with van der Waals surface area (Å²) in [7, 11) is 3.96. The van der Waals surface area contributed by atoms with Gasteiger partial charge in [0.05, 0.1) is 18.1 Å². The maximum Gasteiger partial charge on any atom is 0.154 e. The zero-order valence-corrected chi connectivity index (χ0v) is 8.02. The van der Waals surface area contributed by atoms with Gasteiger partial charge in [0.1, 0.15) is 5.52 Å². The van der Waals surface area contributed by atoms with E-state index in [0.717, 1.165) is 17.0 Å². The van der Waals surface area contributed by atoms with Gasteiger partial charge in [0.15, 0.2) is 5.82 Å². The molecule has 2 rings (SSSR count). The van der Waals surface area contributed by atoms with Crippen LogP contribution in [0.2, 0.25) is 0 Å². The van der Waals surface area contributed by atoms with Gasteiger partial charge in [0, 0.05) is 14.1 Å². The van der Waals surface area contributed by atoms with Crippen molar-refractivity contribution in [2.24, 2.45) is 0 Å². The van der Waals surface area contributed by atoms with E-state index in [-0.39, 0.29) is 0 Å². The van der Waals surface area contributed by atoms with Crippen molar-refractivity contribution in [1.82, 2.24) is 14.6 Å². The number of hydrogen-bond acceptors (Lipinski definition) is 3. The summed E-state index contributed by atoms with van der Waals surface area (Å²) >= 11 is 0. The molecule has 0 N–H and O–H groups in total. The van der Waals surface area contributed by atoms with Crippen LogP contribution in [0, 0.1) is 6.92 Å². The first kappa shape index (κ1) is 8.04. The Morgan fingerprint density at radius 2 is 2.15 bits per heavy atom. The molecular formula is C9H12N4. The molecule has 2 heterocycles. The van der Waals surface area contributed by atoms with E-state index in [0.29, 0.717) is 0 Å². The van der Waals surface area contributed by atoms with Crippen LogP contribution >= 0.6 is 0 Å². The number of fused-ring (bicyclic) bond motifs is 1. The SMILES string of the molecule is Cc1cn2nccc2c(N(C)C)n1. The third-order valence-electron chi connectivity index (χ3n) is 1.91. The van der Waals surface area contributed by atoms with E-state index >= 15 is 0 Å². The first-order valence-corrected chi connectivity index (χ1v) is 4.17. The lowest BCUT2D eigenvalue weighted by molar-refractivity contribution is 0.914. The van der Waals surface area contributed by atoms with Crippen LogP contribution in [0.1, 0.15) is 5.69 Å². The molecule has 4 nitrogen and oxygen atoms in total. The summed E-state index contributed by atoms with van der Waals surface area (Å²) < 4.78 is 1.84. The molecular weight excluding hydrogens is 164 g/mol. The van der Waals surface area contributed by atoms with Crippen molar-refractivity contribution in [3.8, 4) is 0 Å². The zero-order chi connectivity index (χ0) is 9.42. The molecule has 0 unspecified atom stereocenters. The smallest absolute Gasteiger partial charge is 0.154 e. The Morgan fingerprint density at radius 3 is 2.85 bits per heavy atom. The van der Waals surface area contributed by atoms with Gasteiger partial charge in [-0.05, 0) is 13.0 Å². The second-order valence-corrected chi connectivity index (χ2v) is 3.26. The van der Waals surface area contributed by atoms with Gasteiger partial charge in [-0.3, -0.25) is 0 Å². The van der Waals surface area contributed by atoms with Gasteiger partial charge in [-0.15, -0.1) is 0 Å². The Hall–Kier alpha value is -1.58. The quantitative estimate of drug-likeness (QED) is 0.652. The molecule has 4 heteroatoms. The van der Waals surface area contributed by atoms with Gasteiger partial charge in [-0.1, -0.05) is 0 Å². The lowest BCUT2D eigenvalue weighted by Gasteiger charge is -2.12. The molecule has 2 aromatic rings. The number of aromatic nitrogens is 3. The second kappa shape index (κ2) is 2.73. The zero-order valence-electron chi connectivity index (χ0n) is 8.02. The van der Waals surface area contributed by atoms with Gasteiger partial charge < -0.3 is 4.90 Å². The molecule has 0 aliphatic carbocycles. The van der Waals surface area contributed by atoms with E-state index in [9.17, 15) is 0 Å². The van der Waals surface area contributed by atoms with Crippen molar-refractivity contribution >= 4 is 11.3 Å². The highest BCUT2D eigenvalue weighted by Crippen LogP contribution is 2.16. The molecule has 13 heavy (non-hydrogen) atoms. The lowest BCUT2D eigenvalue weighted by Crippen LogP contribution is -2.12. The summed E-state index contributed by atoms with van der Waals surface area (Å²) in [4.78, 5) is 6.43. The number of anilines is 1. The van der Waals surface area contributed by atoms with Crippen LogP contribution in [-0.4, -0.2) is 28.7 Å². The van der Waals surface area contributed by atoms with E-state index in [2.05, 4.69) is 10.1 Å². The van der Waals surface area contributed by atoms with Gasteiger partial charge in [-0.2, -0.15) is 5.10 Å². The standard InChI is InChI=1S/C9H12N4/c1-7-6-13-8(4-5-10-13)9(11-7)12(2)3/h4-6H,1-3H3. The van der Waals surface area contributed by atoms with Crippen molar-refractivity contribution < 1.29 is 0 Å². The molecule has 0 aliphatic heterocycles. The van der Waals surface area contributed by atoms with Gasteiger partial charge in [0.25, 0.3) is 0 Å². The molecule has 0 aliphatic rings. The van der Waals surface area contributed by atoms with E-state index in [1.165, 1.54) is 0 Å². The molecule has 0 spiro atoms. The van der Waals surface area contributed by atoms with Crippen LogP contribution < -0.4 is 4.90 Å². The summed E-state index contributed by atoms with van der Waals surface area (Å²) in [6.07, 6.45) is 3.70. The van der Waals surface area contributed by atoms with E-state index < -0.39 is 0 Å². The highest BCUT2D eigenvalue weighted by Gasteiger charge is 2.05. The third kappa shape index (κ3) is 1.24. The second-order valence-electron chi connectivity index (χ2n) is 3.26. The average Bonchev–Trinajstić information content (AvgIpc) is 2.49. The number of rotatable bonds is 1. The number of nitrogens with zero attached hydrogens (tertiary/aromatic N) is 4.